The van der Waals surface area contributed by atoms with Crippen LogP contribution in [0.1, 0.15) is 5.56 Å². The van der Waals surface area contributed by atoms with Gasteiger partial charge < -0.3 is 5.43 Å². The number of anilines is 1. The molecule has 0 amide bonds. The van der Waals surface area contributed by atoms with E-state index in [1.54, 1.807) is 12.1 Å². The van der Waals surface area contributed by atoms with E-state index >= 15 is 0 Å². The molecule has 1 aliphatic carbocycles. The molecule has 5 nitrogen and oxygen atoms in total. The number of hydrogen-bond donors (Lipinski definition) is 1. The van der Waals surface area contributed by atoms with E-state index in [0.29, 0.717) is 0 Å². The highest BCUT2D eigenvalue weighted by Gasteiger charge is 2.26. The van der Waals surface area contributed by atoms with Crippen molar-refractivity contribution in [3.05, 3.63) is 112 Å². The predicted molar refractivity (Wildman–Crippen MR) is 98.4 cm³/mol. The topological polar surface area (TPSA) is 58.4 Å². The van der Waals surface area contributed by atoms with Gasteiger partial charge in [-0.05, 0) is 17.7 Å². The minimum atomic E-state index is -0.371. The van der Waals surface area contributed by atoms with Crippen LogP contribution in [0.3, 0.4) is 0 Å². The molecule has 2 aromatic rings. The Bertz CT molecular complexity index is 942. The summed E-state index contributed by atoms with van der Waals surface area (Å²) in [5.74, 6) is 0. The average Bonchev–Trinajstić information content (AvgIpc) is 3.32. The first-order valence-electron chi connectivity index (χ1n) is 7.90. The van der Waals surface area contributed by atoms with Gasteiger partial charge in [0.25, 0.3) is 5.69 Å². The Morgan fingerprint density at radius 2 is 1.72 bits per heavy atom. The fraction of sp³-hybridized carbons (Fsp3) is 0. The molecule has 0 saturated heterocycles. The summed E-state index contributed by atoms with van der Waals surface area (Å²) in [6.07, 6.45) is 9.91. The molecule has 0 unspecified atom stereocenters. The molecule has 0 fully saturated rings. The van der Waals surface area contributed by atoms with Gasteiger partial charge in [0.1, 0.15) is 0 Å². The van der Waals surface area contributed by atoms with Gasteiger partial charge in [-0.25, -0.2) is 0 Å². The van der Waals surface area contributed by atoms with Crippen LogP contribution in [-0.4, -0.2) is 4.92 Å². The summed E-state index contributed by atoms with van der Waals surface area (Å²) in [4.78, 5) is 10.7. The molecule has 1 heterocycles. The fourth-order valence-electron chi connectivity index (χ4n) is 2.99. The van der Waals surface area contributed by atoms with Gasteiger partial charge >= 0.3 is 0 Å². The predicted octanol–water partition coefficient (Wildman–Crippen LogP) is 4.34. The third-order valence-electron chi connectivity index (χ3n) is 4.14. The summed E-state index contributed by atoms with van der Waals surface area (Å²) in [6.45, 7) is 0. The molecular formula is C20H15N3O2. The number of nitrogens with one attached hydrogen (secondary N) is 1. The average molecular weight is 329 g/mol. The molecular weight excluding hydrogens is 314 g/mol. The highest BCUT2D eigenvalue weighted by Crippen LogP contribution is 2.37. The van der Waals surface area contributed by atoms with E-state index < -0.39 is 0 Å². The number of nitro benzene ring substituents is 1. The van der Waals surface area contributed by atoms with Crippen molar-refractivity contribution in [2.45, 2.75) is 0 Å². The second-order valence-electron chi connectivity index (χ2n) is 5.69. The Balaban J connectivity index is 1.82. The zero-order valence-corrected chi connectivity index (χ0v) is 13.3. The number of allylic oxidation sites excluding steroid dienone is 6. The lowest BCUT2D eigenvalue weighted by molar-refractivity contribution is -0.384. The normalized spacial score (nSPS) is 15.5. The van der Waals surface area contributed by atoms with Gasteiger partial charge in [-0.3, -0.25) is 15.1 Å². The molecule has 0 saturated carbocycles. The Morgan fingerprint density at radius 3 is 2.44 bits per heavy atom. The first-order chi connectivity index (χ1) is 12.2. The summed E-state index contributed by atoms with van der Waals surface area (Å²) in [7, 11) is 0. The maximum absolute atomic E-state index is 11.1. The van der Waals surface area contributed by atoms with Gasteiger partial charge in [0, 0.05) is 29.5 Å². The van der Waals surface area contributed by atoms with Crippen LogP contribution in [0, 0.1) is 10.1 Å². The van der Waals surface area contributed by atoms with E-state index in [1.165, 1.54) is 6.07 Å². The minimum Gasteiger partial charge on any atom is -0.300 e. The summed E-state index contributed by atoms with van der Waals surface area (Å²) < 4.78 is 0. The van der Waals surface area contributed by atoms with E-state index in [1.807, 2.05) is 71.9 Å². The third-order valence-corrected chi connectivity index (χ3v) is 4.14. The Kier molecular flexibility index (Phi) is 3.67. The van der Waals surface area contributed by atoms with Gasteiger partial charge in [-0.15, -0.1) is 0 Å². The molecule has 122 valence electrons. The Hall–Kier alpha value is -3.60. The van der Waals surface area contributed by atoms with Crippen molar-refractivity contribution in [1.29, 1.82) is 0 Å². The van der Waals surface area contributed by atoms with Gasteiger partial charge in [-0.1, -0.05) is 54.6 Å². The standard InChI is InChI=1S/C20H15N3O2/c24-23(25)18-12-6-9-16(13-18)19-14-21-22(17-10-2-1-3-11-17)20(19)15-7-4-5-8-15/h1-14,21H. The van der Waals surface area contributed by atoms with Crippen LogP contribution in [-0.2, 0) is 0 Å². The van der Waals surface area contributed by atoms with Crippen molar-refractivity contribution >= 4 is 16.9 Å². The minimum absolute atomic E-state index is 0.0819. The molecule has 4 rings (SSSR count). The molecule has 2 aromatic carbocycles. The van der Waals surface area contributed by atoms with Crippen LogP contribution in [0.15, 0.2) is 96.4 Å². The fourth-order valence-corrected chi connectivity index (χ4v) is 2.99. The van der Waals surface area contributed by atoms with Crippen LogP contribution in [0.4, 0.5) is 11.4 Å². The van der Waals surface area contributed by atoms with Crippen LogP contribution in [0.2, 0.25) is 0 Å². The molecule has 1 N–H and O–H groups in total. The zero-order valence-electron chi connectivity index (χ0n) is 13.3. The number of hydrazine groups is 1. The molecule has 2 aliphatic rings. The van der Waals surface area contributed by atoms with Crippen molar-refractivity contribution in [3.63, 3.8) is 0 Å². The quantitative estimate of drug-likeness (QED) is 0.672. The molecule has 0 bridgehead atoms. The van der Waals surface area contributed by atoms with E-state index in [2.05, 4.69) is 5.43 Å². The summed E-state index contributed by atoms with van der Waals surface area (Å²) in [5.41, 5.74) is 8.09. The number of nitrogens with zero attached hydrogens (tertiary/aromatic N) is 2. The first-order valence-corrected chi connectivity index (χ1v) is 7.90. The third kappa shape index (κ3) is 2.72. The molecule has 0 spiro atoms. The van der Waals surface area contributed by atoms with Crippen molar-refractivity contribution < 1.29 is 4.92 Å². The zero-order chi connectivity index (χ0) is 17.2. The van der Waals surface area contributed by atoms with E-state index in [4.69, 9.17) is 0 Å². The van der Waals surface area contributed by atoms with E-state index in [9.17, 15) is 10.1 Å². The van der Waals surface area contributed by atoms with Gasteiger partial charge in [0.2, 0.25) is 0 Å². The van der Waals surface area contributed by atoms with Crippen molar-refractivity contribution in [2.24, 2.45) is 0 Å². The molecule has 25 heavy (non-hydrogen) atoms. The van der Waals surface area contributed by atoms with E-state index in [-0.39, 0.29) is 10.6 Å². The SMILES string of the molecule is O=[N+]([O-])c1cccc(C2=CNN(c3ccccc3)C2=C2C=CC=C2)c1. The van der Waals surface area contributed by atoms with Gasteiger partial charge in [0.15, 0.2) is 0 Å². The molecule has 0 aromatic heterocycles. The number of non-ortho nitro benzene ring substituents is 1. The number of nitro groups is 1. The van der Waals surface area contributed by atoms with Crippen LogP contribution < -0.4 is 10.4 Å². The maximum Gasteiger partial charge on any atom is 0.270 e. The molecule has 1 aliphatic heterocycles. The summed E-state index contributed by atoms with van der Waals surface area (Å²) in [6, 6.07) is 16.7. The molecule has 0 radical (unpaired) electrons. The molecule has 5 heteroatoms. The first kappa shape index (κ1) is 15.0. The summed E-state index contributed by atoms with van der Waals surface area (Å²) >= 11 is 0. The van der Waals surface area contributed by atoms with Gasteiger partial charge in [-0.2, -0.15) is 0 Å². The Labute approximate surface area is 145 Å². The highest BCUT2D eigenvalue weighted by atomic mass is 16.6. The second kappa shape index (κ2) is 6.13. The van der Waals surface area contributed by atoms with Crippen molar-refractivity contribution in [2.75, 3.05) is 5.01 Å². The smallest absolute Gasteiger partial charge is 0.270 e. The number of rotatable bonds is 3. The van der Waals surface area contributed by atoms with Crippen LogP contribution in [0.5, 0.6) is 0 Å². The lowest BCUT2D eigenvalue weighted by Gasteiger charge is -2.23. The van der Waals surface area contributed by atoms with Crippen molar-refractivity contribution in [1.82, 2.24) is 5.43 Å². The van der Waals surface area contributed by atoms with Crippen molar-refractivity contribution in [3.8, 4) is 0 Å². The highest BCUT2D eigenvalue weighted by molar-refractivity contribution is 5.88. The monoisotopic (exact) mass is 329 g/mol. The number of benzene rings is 2. The lowest BCUT2D eigenvalue weighted by Crippen LogP contribution is -2.29. The molecule has 0 atom stereocenters. The van der Waals surface area contributed by atoms with Gasteiger partial charge in [0.05, 0.1) is 16.3 Å². The Morgan fingerprint density at radius 1 is 0.960 bits per heavy atom. The van der Waals surface area contributed by atoms with Crippen LogP contribution in [0.25, 0.3) is 5.57 Å². The maximum atomic E-state index is 11.1. The number of para-hydroxylation sites is 1. The number of hydrogen-bond acceptors (Lipinski definition) is 4. The summed E-state index contributed by atoms with van der Waals surface area (Å²) in [5, 5.41) is 13.1. The lowest BCUT2D eigenvalue weighted by atomic mass is 10.00. The largest absolute Gasteiger partial charge is 0.300 e. The van der Waals surface area contributed by atoms with Crippen LogP contribution >= 0.6 is 0 Å². The van der Waals surface area contributed by atoms with E-state index in [0.717, 1.165) is 28.1 Å². The second-order valence-corrected chi connectivity index (χ2v) is 5.69.